The molecule has 11 heteroatoms. The third-order valence-corrected chi connectivity index (χ3v) is 7.71. The fraction of sp³-hybridized carbons (Fsp3) is 0.583. The largest absolute Gasteiger partial charge is 0.573 e. The van der Waals surface area contributed by atoms with Gasteiger partial charge in [-0.1, -0.05) is 12.5 Å². The Kier molecular flexibility index (Phi) is 6.42. The number of benzene rings is 1. The summed E-state index contributed by atoms with van der Waals surface area (Å²) in [5.74, 6) is -2.02. The lowest BCUT2D eigenvalue weighted by Crippen LogP contribution is -2.58. The SMILES string of the molecule is N#Cc1ccc(CNC(=O)[C@@H]2CCCN(C(=O)C3(C4(C(N)=O)CC4)CCC3)C2)c(OC(F)(F)F)c1. The zero-order valence-corrected chi connectivity index (χ0v) is 19.1. The highest BCUT2D eigenvalue weighted by Crippen LogP contribution is 2.67. The number of nitriles is 1. The lowest BCUT2D eigenvalue weighted by molar-refractivity contribution is -0.274. The van der Waals surface area contributed by atoms with Crippen LogP contribution in [-0.2, 0) is 20.9 Å². The van der Waals surface area contributed by atoms with Crippen LogP contribution in [0.25, 0.3) is 0 Å². The number of primary amides is 1. The van der Waals surface area contributed by atoms with Crippen molar-refractivity contribution in [2.45, 2.75) is 57.9 Å². The van der Waals surface area contributed by atoms with E-state index >= 15 is 0 Å². The van der Waals surface area contributed by atoms with Gasteiger partial charge in [0.2, 0.25) is 17.7 Å². The van der Waals surface area contributed by atoms with Gasteiger partial charge in [-0.25, -0.2) is 0 Å². The van der Waals surface area contributed by atoms with Crippen molar-refractivity contribution in [3.8, 4) is 11.8 Å². The van der Waals surface area contributed by atoms with Crippen LogP contribution in [0.4, 0.5) is 13.2 Å². The first-order valence-corrected chi connectivity index (χ1v) is 11.7. The molecule has 1 aromatic rings. The first-order chi connectivity index (χ1) is 16.5. The van der Waals surface area contributed by atoms with Gasteiger partial charge in [0, 0.05) is 25.2 Å². The van der Waals surface area contributed by atoms with Gasteiger partial charge < -0.3 is 20.7 Å². The van der Waals surface area contributed by atoms with Gasteiger partial charge in [-0.3, -0.25) is 14.4 Å². The summed E-state index contributed by atoms with van der Waals surface area (Å²) >= 11 is 0. The van der Waals surface area contributed by atoms with Crippen LogP contribution in [0, 0.1) is 28.1 Å². The number of amides is 3. The Hall–Kier alpha value is -3.29. The van der Waals surface area contributed by atoms with Gasteiger partial charge in [-0.15, -0.1) is 13.2 Å². The predicted octanol–water partition coefficient (Wildman–Crippen LogP) is 2.75. The summed E-state index contributed by atoms with van der Waals surface area (Å²) in [5, 5.41) is 11.6. The molecule has 3 aliphatic rings. The normalized spacial score (nSPS) is 22.3. The molecule has 2 saturated carbocycles. The summed E-state index contributed by atoms with van der Waals surface area (Å²) in [6, 6.07) is 5.37. The molecule has 0 radical (unpaired) electrons. The Balaban J connectivity index is 1.41. The first kappa shape index (κ1) is 24.8. The number of hydrogen-bond donors (Lipinski definition) is 2. The molecule has 1 aromatic carbocycles. The van der Waals surface area contributed by atoms with E-state index in [1.54, 1.807) is 11.0 Å². The van der Waals surface area contributed by atoms with Gasteiger partial charge in [0.15, 0.2) is 0 Å². The Morgan fingerprint density at radius 3 is 2.43 bits per heavy atom. The quantitative estimate of drug-likeness (QED) is 0.606. The van der Waals surface area contributed by atoms with E-state index in [-0.39, 0.29) is 36.0 Å². The minimum Gasteiger partial charge on any atom is -0.405 e. The molecule has 1 atom stereocenters. The van der Waals surface area contributed by atoms with Crippen molar-refractivity contribution in [1.82, 2.24) is 10.2 Å². The number of alkyl halides is 3. The van der Waals surface area contributed by atoms with Crippen molar-refractivity contribution >= 4 is 17.7 Å². The zero-order valence-electron chi connectivity index (χ0n) is 19.1. The summed E-state index contributed by atoms with van der Waals surface area (Å²) in [7, 11) is 0. The second-order valence-corrected chi connectivity index (χ2v) is 9.67. The van der Waals surface area contributed by atoms with Crippen LogP contribution in [0.3, 0.4) is 0 Å². The minimum absolute atomic E-state index is 0.00456. The molecule has 3 amide bonds. The van der Waals surface area contributed by atoms with Gasteiger partial charge in [-0.05, 0) is 50.7 Å². The van der Waals surface area contributed by atoms with Crippen molar-refractivity contribution in [1.29, 1.82) is 5.26 Å². The van der Waals surface area contributed by atoms with Crippen LogP contribution in [0.2, 0.25) is 0 Å². The number of nitrogens with two attached hydrogens (primary N) is 1. The number of halogens is 3. The van der Waals surface area contributed by atoms with Crippen LogP contribution in [0.15, 0.2) is 18.2 Å². The minimum atomic E-state index is -4.95. The van der Waals surface area contributed by atoms with Crippen LogP contribution >= 0.6 is 0 Å². The van der Waals surface area contributed by atoms with Crippen molar-refractivity contribution in [3.63, 3.8) is 0 Å². The predicted molar refractivity (Wildman–Crippen MR) is 116 cm³/mol. The van der Waals surface area contributed by atoms with Crippen LogP contribution in [-0.4, -0.2) is 42.1 Å². The monoisotopic (exact) mass is 492 g/mol. The standard InChI is InChI=1S/C24H27F3N4O4/c25-24(26,27)35-18-11-15(12-28)4-5-16(18)13-30-19(32)17-3-1-10-31(14-17)21(34)23(6-2-7-23)22(8-9-22)20(29)33/h4-5,11,17H,1-3,6-10,13-14H2,(H2,29,33)(H,30,32)/t17-/m1/s1. The summed E-state index contributed by atoms with van der Waals surface area (Å²) in [6.45, 7) is 0.439. The molecule has 3 fully saturated rings. The molecule has 0 aromatic heterocycles. The van der Waals surface area contributed by atoms with Crippen molar-refractivity contribution in [3.05, 3.63) is 29.3 Å². The molecule has 0 unspecified atom stereocenters. The molecular weight excluding hydrogens is 465 g/mol. The Morgan fingerprint density at radius 2 is 1.89 bits per heavy atom. The number of nitrogens with zero attached hydrogens (tertiary/aromatic N) is 2. The molecule has 3 N–H and O–H groups in total. The summed E-state index contributed by atoms with van der Waals surface area (Å²) in [4.78, 5) is 40.2. The average Bonchev–Trinajstić information content (AvgIpc) is 3.58. The number of hydrogen-bond acceptors (Lipinski definition) is 5. The lowest BCUT2D eigenvalue weighted by atomic mass is 9.57. The van der Waals surface area contributed by atoms with Crippen LogP contribution in [0.5, 0.6) is 5.75 Å². The van der Waals surface area contributed by atoms with Gasteiger partial charge in [0.05, 0.1) is 28.4 Å². The molecule has 2 aliphatic carbocycles. The zero-order chi connectivity index (χ0) is 25.4. The number of carbonyl (C=O) groups excluding carboxylic acids is 3. The molecule has 0 bridgehead atoms. The van der Waals surface area contributed by atoms with E-state index in [1.807, 2.05) is 0 Å². The van der Waals surface area contributed by atoms with E-state index in [0.29, 0.717) is 45.1 Å². The second kappa shape index (κ2) is 9.06. The fourth-order valence-corrected chi connectivity index (χ4v) is 5.51. The third-order valence-electron chi connectivity index (χ3n) is 7.71. The number of nitrogens with one attached hydrogen (secondary N) is 1. The highest BCUT2D eigenvalue weighted by Gasteiger charge is 2.69. The molecular formula is C24H27F3N4O4. The summed E-state index contributed by atoms with van der Waals surface area (Å²) in [6.07, 6.45) is -0.515. The molecule has 188 valence electrons. The highest BCUT2D eigenvalue weighted by atomic mass is 19.4. The number of ether oxygens (including phenoxy) is 1. The number of piperidine rings is 1. The van der Waals surface area contributed by atoms with Crippen molar-refractivity contribution in [2.24, 2.45) is 22.5 Å². The average molecular weight is 492 g/mol. The molecule has 8 nitrogen and oxygen atoms in total. The van der Waals surface area contributed by atoms with E-state index < -0.39 is 34.8 Å². The van der Waals surface area contributed by atoms with Gasteiger partial charge in [0.1, 0.15) is 5.75 Å². The van der Waals surface area contributed by atoms with E-state index in [0.717, 1.165) is 12.5 Å². The van der Waals surface area contributed by atoms with Gasteiger partial charge >= 0.3 is 6.36 Å². The smallest absolute Gasteiger partial charge is 0.405 e. The lowest BCUT2D eigenvalue weighted by Gasteiger charge is -2.49. The van der Waals surface area contributed by atoms with Crippen molar-refractivity contribution < 1.29 is 32.3 Å². The number of rotatable bonds is 7. The number of likely N-dealkylation sites (tertiary alicyclic amines) is 1. The molecule has 1 heterocycles. The summed E-state index contributed by atoms with van der Waals surface area (Å²) in [5.41, 5.74) is 4.18. The maximum absolute atomic E-state index is 13.5. The van der Waals surface area contributed by atoms with E-state index in [4.69, 9.17) is 11.0 Å². The summed E-state index contributed by atoms with van der Waals surface area (Å²) < 4.78 is 42.3. The Morgan fingerprint density at radius 1 is 1.17 bits per heavy atom. The molecule has 4 rings (SSSR count). The van der Waals surface area contributed by atoms with Gasteiger partial charge in [-0.2, -0.15) is 5.26 Å². The molecule has 1 saturated heterocycles. The molecule has 1 aliphatic heterocycles. The Labute approximate surface area is 200 Å². The van der Waals surface area contributed by atoms with Crippen LogP contribution < -0.4 is 15.8 Å². The van der Waals surface area contributed by atoms with Crippen LogP contribution in [0.1, 0.15) is 56.1 Å². The van der Waals surface area contributed by atoms with E-state index in [1.165, 1.54) is 12.1 Å². The van der Waals surface area contributed by atoms with E-state index in [9.17, 15) is 27.6 Å². The second-order valence-electron chi connectivity index (χ2n) is 9.67. The van der Waals surface area contributed by atoms with Crippen molar-refractivity contribution in [2.75, 3.05) is 13.1 Å². The third kappa shape index (κ3) is 4.66. The van der Waals surface area contributed by atoms with Gasteiger partial charge in [0.25, 0.3) is 0 Å². The van der Waals surface area contributed by atoms with E-state index in [2.05, 4.69) is 10.1 Å². The molecule has 0 spiro atoms. The fourth-order valence-electron chi connectivity index (χ4n) is 5.51. The maximum Gasteiger partial charge on any atom is 0.573 e. The number of carbonyl (C=O) groups is 3. The maximum atomic E-state index is 13.5. The first-order valence-electron chi connectivity index (χ1n) is 11.7. The molecule has 35 heavy (non-hydrogen) atoms. The highest BCUT2D eigenvalue weighted by molar-refractivity contribution is 5.95. The Bertz CT molecular complexity index is 1070. The topological polar surface area (TPSA) is 126 Å².